The van der Waals surface area contributed by atoms with Gasteiger partial charge in [0.1, 0.15) is 5.71 Å². The third-order valence-corrected chi connectivity index (χ3v) is 6.86. The molecule has 3 aromatic rings. The molecule has 0 heterocycles. The molecule has 6 heteroatoms. The van der Waals surface area contributed by atoms with Crippen LogP contribution in [-0.2, 0) is 21.5 Å². The van der Waals surface area contributed by atoms with Crippen LogP contribution in [0.15, 0.2) is 71.9 Å². The number of carbonyl (C=O) groups excluding carboxylic acids is 2. The van der Waals surface area contributed by atoms with E-state index in [1.165, 1.54) is 6.92 Å². The molecule has 0 unspecified atom stereocenters. The summed E-state index contributed by atoms with van der Waals surface area (Å²) in [6.07, 6.45) is 1.95. The number of nitriles is 2. The molecule has 0 radical (unpaired) electrons. The van der Waals surface area contributed by atoms with Gasteiger partial charge in [-0.2, -0.15) is 10.5 Å². The molecule has 0 amide bonds. The molecular formula is C31H27N3O3. The van der Waals surface area contributed by atoms with Crippen LogP contribution in [0.1, 0.15) is 65.2 Å². The molecule has 0 saturated heterocycles. The lowest BCUT2D eigenvalue weighted by Gasteiger charge is -2.31. The Hall–Kier alpha value is -4.55. The van der Waals surface area contributed by atoms with Crippen LogP contribution in [0.3, 0.4) is 0 Å². The van der Waals surface area contributed by atoms with Gasteiger partial charge in [-0.05, 0) is 53.6 Å². The number of carbonyl (C=O) groups is 2. The fourth-order valence-corrected chi connectivity index (χ4v) is 5.25. The van der Waals surface area contributed by atoms with E-state index in [-0.39, 0.29) is 17.9 Å². The molecule has 184 valence electrons. The Kier molecular flexibility index (Phi) is 7.60. The molecule has 0 fully saturated rings. The third-order valence-electron chi connectivity index (χ3n) is 6.86. The van der Waals surface area contributed by atoms with E-state index in [1.54, 1.807) is 6.07 Å². The van der Waals surface area contributed by atoms with Gasteiger partial charge in [0.15, 0.2) is 0 Å². The minimum absolute atomic E-state index is 0.121. The highest BCUT2D eigenvalue weighted by Gasteiger charge is 2.42. The van der Waals surface area contributed by atoms with Gasteiger partial charge < -0.3 is 4.84 Å². The van der Waals surface area contributed by atoms with Crippen molar-refractivity contribution in [1.29, 1.82) is 10.5 Å². The molecule has 0 saturated carbocycles. The Morgan fingerprint density at radius 1 is 0.892 bits per heavy atom. The van der Waals surface area contributed by atoms with Gasteiger partial charge >= 0.3 is 5.97 Å². The van der Waals surface area contributed by atoms with Gasteiger partial charge in [-0.3, -0.25) is 4.79 Å². The average molecular weight is 490 g/mol. The van der Waals surface area contributed by atoms with Crippen molar-refractivity contribution in [1.82, 2.24) is 0 Å². The number of hydrogen-bond donors (Lipinski definition) is 0. The highest BCUT2D eigenvalue weighted by molar-refractivity contribution is 6.46. The van der Waals surface area contributed by atoms with E-state index in [4.69, 9.17) is 4.84 Å². The standard InChI is InChI=1S/C31H27N3O3/c1-21-8-5-9-23(18-21)19-29(34-37-22(2)35)30(36)24-12-13-26-25-10-3-4-11-27(25)31(14-6-16-32,15-7-17-33)28(26)20-24/h3-5,8-13,18,20H,6-7,14-15,19H2,1-2H3/b34-29+. The lowest BCUT2D eigenvalue weighted by molar-refractivity contribution is -0.140. The minimum Gasteiger partial charge on any atom is -0.318 e. The first-order valence-corrected chi connectivity index (χ1v) is 12.2. The summed E-state index contributed by atoms with van der Waals surface area (Å²) in [5.41, 5.74) is 6.00. The van der Waals surface area contributed by atoms with Crippen LogP contribution < -0.4 is 0 Å². The second kappa shape index (κ2) is 11.0. The number of benzene rings is 3. The van der Waals surface area contributed by atoms with Crippen molar-refractivity contribution in [3.05, 3.63) is 94.5 Å². The first-order valence-electron chi connectivity index (χ1n) is 12.2. The minimum atomic E-state index is -0.606. The van der Waals surface area contributed by atoms with Gasteiger partial charge in [-0.1, -0.05) is 71.4 Å². The molecule has 0 atom stereocenters. The summed E-state index contributed by atoms with van der Waals surface area (Å²) in [6.45, 7) is 3.21. The zero-order valence-electron chi connectivity index (χ0n) is 21.0. The van der Waals surface area contributed by atoms with Crippen LogP contribution in [-0.4, -0.2) is 17.5 Å². The van der Waals surface area contributed by atoms with Crippen LogP contribution in [0.4, 0.5) is 0 Å². The van der Waals surface area contributed by atoms with Crippen LogP contribution in [0.25, 0.3) is 11.1 Å². The molecule has 37 heavy (non-hydrogen) atoms. The van der Waals surface area contributed by atoms with Gasteiger partial charge in [0.2, 0.25) is 5.78 Å². The summed E-state index contributed by atoms with van der Waals surface area (Å²) in [5, 5.41) is 22.8. The van der Waals surface area contributed by atoms with Crippen LogP contribution in [0.5, 0.6) is 0 Å². The zero-order chi connectivity index (χ0) is 26.4. The Morgan fingerprint density at radius 3 is 2.27 bits per heavy atom. The summed E-state index contributed by atoms with van der Waals surface area (Å²) in [4.78, 5) is 30.1. The summed E-state index contributed by atoms with van der Waals surface area (Å²) >= 11 is 0. The first-order chi connectivity index (χ1) is 17.9. The van der Waals surface area contributed by atoms with Crippen LogP contribution in [0, 0.1) is 29.6 Å². The fourth-order valence-electron chi connectivity index (χ4n) is 5.25. The Labute approximate surface area is 216 Å². The van der Waals surface area contributed by atoms with Crippen molar-refractivity contribution in [3.63, 3.8) is 0 Å². The van der Waals surface area contributed by atoms with Crippen molar-refractivity contribution in [2.45, 2.75) is 51.4 Å². The van der Waals surface area contributed by atoms with Crippen LogP contribution >= 0.6 is 0 Å². The maximum Gasteiger partial charge on any atom is 0.331 e. The summed E-state index contributed by atoms with van der Waals surface area (Å²) in [6, 6.07) is 25.8. The second-order valence-corrected chi connectivity index (χ2v) is 9.32. The highest BCUT2D eigenvalue weighted by Crippen LogP contribution is 2.53. The number of hydrogen-bond acceptors (Lipinski definition) is 6. The van der Waals surface area contributed by atoms with Gasteiger partial charge in [0.05, 0.1) is 12.1 Å². The van der Waals surface area contributed by atoms with E-state index in [0.29, 0.717) is 31.2 Å². The Balaban J connectivity index is 1.80. The molecule has 0 bridgehead atoms. The van der Waals surface area contributed by atoms with Gasteiger partial charge in [0, 0.05) is 37.2 Å². The molecule has 0 N–H and O–H groups in total. The number of nitrogens with zero attached hydrogens (tertiary/aromatic N) is 3. The topological polar surface area (TPSA) is 103 Å². The molecule has 6 nitrogen and oxygen atoms in total. The van der Waals surface area contributed by atoms with E-state index in [0.717, 1.165) is 33.4 Å². The van der Waals surface area contributed by atoms with E-state index in [2.05, 4.69) is 23.4 Å². The third kappa shape index (κ3) is 5.20. The quantitative estimate of drug-likeness (QED) is 0.154. The lowest BCUT2D eigenvalue weighted by Crippen LogP contribution is -2.26. The molecule has 0 aromatic heterocycles. The Morgan fingerprint density at radius 2 is 1.59 bits per heavy atom. The van der Waals surface area contributed by atoms with Crippen LogP contribution in [0.2, 0.25) is 0 Å². The van der Waals surface area contributed by atoms with E-state index < -0.39 is 11.4 Å². The van der Waals surface area contributed by atoms with Gasteiger partial charge in [-0.15, -0.1) is 0 Å². The number of Topliss-reactive ketones (excluding diaryl/α,β-unsaturated/α-hetero) is 1. The smallest absolute Gasteiger partial charge is 0.318 e. The van der Waals surface area contributed by atoms with E-state index in [1.807, 2.05) is 61.5 Å². The molecule has 1 aliphatic rings. The predicted octanol–water partition coefficient (Wildman–Crippen LogP) is 6.21. The van der Waals surface area contributed by atoms with E-state index >= 15 is 0 Å². The largest absolute Gasteiger partial charge is 0.331 e. The normalized spacial score (nSPS) is 13.1. The number of oxime groups is 1. The fraction of sp³-hybridized carbons (Fsp3) is 0.258. The maximum absolute atomic E-state index is 13.7. The molecular weight excluding hydrogens is 462 g/mol. The summed E-state index contributed by atoms with van der Waals surface area (Å²) in [7, 11) is 0. The molecule has 4 rings (SSSR count). The molecule has 0 aliphatic heterocycles. The second-order valence-electron chi connectivity index (χ2n) is 9.32. The monoisotopic (exact) mass is 489 g/mol. The van der Waals surface area contributed by atoms with Crippen molar-refractivity contribution < 1.29 is 14.4 Å². The maximum atomic E-state index is 13.7. The van der Waals surface area contributed by atoms with Crippen molar-refractivity contribution >= 4 is 17.5 Å². The van der Waals surface area contributed by atoms with Gasteiger partial charge in [-0.25, -0.2) is 4.79 Å². The number of aryl methyl sites for hydroxylation is 1. The van der Waals surface area contributed by atoms with Crippen molar-refractivity contribution in [2.24, 2.45) is 5.16 Å². The predicted molar refractivity (Wildman–Crippen MR) is 141 cm³/mol. The first kappa shape index (κ1) is 25.5. The van der Waals surface area contributed by atoms with Crippen molar-refractivity contribution in [3.8, 4) is 23.3 Å². The number of rotatable bonds is 9. The highest BCUT2D eigenvalue weighted by atomic mass is 16.7. The van der Waals surface area contributed by atoms with Crippen molar-refractivity contribution in [2.75, 3.05) is 0 Å². The SMILES string of the molecule is CC(=O)O/N=C(\Cc1cccc(C)c1)C(=O)c1ccc2c(c1)C(CCC#N)(CCC#N)c1ccccc1-2. The Bertz CT molecular complexity index is 1460. The molecule has 1 aliphatic carbocycles. The van der Waals surface area contributed by atoms with E-state index in [9.17, 15) is 20.1 Å². The summed E-state index contributed by atoms with van der Waals surface area (Å²) in [5.74, 6) is -0.943. The summed E-state index contributed by atoms with van der Waals surface area (Å²) < 4.78 is 0. The average Bonchev–Trinajstić information content (AvgIpc) is 3.17. The lowest BCUT2D eigenvalue weighted by atomic mass is 9.71. The number of fused-ring (bicyclic) bond motifs is 3. The van der Waals surface area contributed by atoms with Gasteiger partial charge in [0.25, 0.3) is 0 Å². The molecule has 3 aromatic carbocycles. The molecule has 0 spiro atoms. The number of ketones is 1. The zero-order valence-corrected chi connectivity index (χ0v) is 21.0.